The molecule has 1 heterocycles. The lowest BCUT2D eigenvalue weighted by Gasteiger charge is -2.07. The third-order valence-corrected chi connectivity index (χ3v) is 4.35. The van der Waals surface area contributed by atoms with Crippen molar-refractivity contribution in [3.63, 3.8) is 0 Å². The zero-order chi connectivity index (χ0) is 19.4. The number of carbonyl (C=O) groups excluding carboxylic acids is 2. The summed E-state index contributed by atoms with van der Waals surface area (Å²) in [5, 5.41) is 14.3. The number of nitrogens with zero attached hydrogens (tertiary/aromatic N) is 1. The number of anilines is 1. The molecule has 2 N–H and O–H groups in total. The Kier molecular flexibility index (Phi) is 5.46. The Morgan fingerprint density at radius 3 is 2.70 bits per heavy atom. The van der Waals surface area contributed by atoms with Gasteiger partial charge in [0.25, 0.3) is 5.91 Å². The van der Waals surface area contributed by atoms with Gasteiger partial charge in [0, 0.05) is 10.9 Å². The molecule has 27 heavy (non-hydrogen) atoms. The fourth-order valence-electron chi connectivity index (χ4n) is 2.26. The summed E-state index contributed by atoms with van der Waals surface area (Å²) >= 11 is 1.19. The highest BCUT2D eigenvalue weighted by atomic mass is 32.1. The molecule has 0 aliphatic rings. The first-order chi connectivity index (χ1) is 12.9. The maximum Gasteiger partial charge on any atom is 0.342 e. The number of phenols is 1. The van der Waals surface area contributed by atoms with Crippen LogP contribution in [0.5, 0.6) is 5.75 Å². The molecule has 0 radical (unpaired) electrons. The van der Waals surface area contributed by atoms with Gasteiger partial charge in [-0.3, -0.25) is 10.1 Å². The van der Waals surface area contributed by atoms with Gasteiger partial charge in [0.15, 0.2) is 11.7 Å². The molecule has 3 rings (SSSR count). The van der Waals surface area contributed by atoms with Crippen LogP contribution in [0.15, 0.2) is 47.8 Å². The molecule has 1 aromatic heterocycles. The van der Waals surface area contributed by atoms with Crippen molar-refractivity contribution in [2.45, 2.75) is 6.92 Å². The lowest BCUT2D eigenvalue weighted by molar-refractivity contribution is -0.119. The molecule has 8 heteroatoms. The van der Waals surface area contributed by atoms with Crippen molar-refractivity contribution in [2.75, 3.05) is 11.9 Å². The summed E-state index contributed by atoms with van der Waals surface area (Å²) in [5.74, 6) is -1.91. The highest BCUT2D eigenvalue weighted by molar-refractivity contribution is 7.14. The number of ether oxygens (including phenoxy) is 1. The Labute approximate surface area is 158 Å². The minimum Gasteiger partial charge on any atom is -0.507 e. The molecular formula is C19H15FN2O4S. The molecule has 1 amide bonds. The van der Waals surface area contributed by atoms with E-state index in [4.69, 9.17) is 4.74 Å². The van der Waals surface area contributed by atoms with Crippen molar-refractivity contribution in [3.05, 3.63) is 64.8 Å². The molecule has 0 aliphatic heterocycles. The lowest BCUT2D eigenvalue weighted by Crippen LogP contribution is -2.21. The van der Waals surface area contributed by atoms with Gasteiger partial charge in [0.2, 0.25) is 0 Å². The molecule has 0 atom stereocenters. The number of nitrogens with one attached hydrogen (secondary N) is 1. The van der Waals surface area contributed by atoms with Crippen molar-refractivity contribution in [1.82, 2.24) is 4.98 Å². The topological polar surface area (TPSA) is 88.5 Å². The summed E-state index contributed by atoms with van der Waals surface area (Å²) in [4.78, 5) is 28.2. The molecule has 0 saturated carbocycles. The number of rotatable bonds is 5. The average Bonchev–Trinajstić information content (AvgIpc) is 3.10. The van der Waals surface area contributed by atoms with Crippen LogP contribution in [0.1, 0.15) is 15.9 Å². The zero-order valence-corrected chi connectivity index (χ0v) is 15.0. The average molecular weight is 386 g/mol. The molecule has 0 aliphatic carbocycles. The van der Waals surface area contributed by atoms with Crippen LogP contribution in [0.4, 0.5) is 9.52 Å². The van der Waals surface area contributed by atoms with Crippen molar-refractivity contribution < 1.29 is 23.8 Å². The molecule has 138 valence electrons. The predicted molar refractivity (Wildman–Crippen MR) is 99.3 cm³/mol. The Morgan fingerprint density at radius 2 is 1.96 bits per heavy atom. The number of esters is 1. The number of benzene rings is 2. The van der Waals surface area contributed by atoms with Crippen LogP contribution < -0.4 is 5.32 Å². The first-order valence-corrected chi connectivity index (χ1v) is 8.78. The van der Waals surface area contributed by atoms with E-state index in [1.807, 2.05) is 0 Å². The molecule has 0 bridgehead atoms. The first-order valence-electron chi connectivity index (χ1n) is 7.90. The smallest absolute Gasteiger partial charge is 0.342 e. The van der Waals surface area contributed by atoms with Gasteiger partial charge >= 0.3 is 5.97 Å². The lowest BCUT2D eigenvalue weighted by atomic mass is 10.1. The Balaban J connectivity index is 1.57. The number of phenolic OH excluding ortho intramolecular Hbond substituents is 1. The van der Waals surface area contributed by atoms with E-state index in [9.17, 15) is 19.1 Å². The largest absolute Gasteiger partial charge is 0.507 e. The summed E-state index contributed by atoms with van der Waals surface area (Å²) in [7, 11) is 0. The van der Waals surface area contributed by atoms with Gasteiger partial charge in [-0.25, -0.2) is 14.2 Å². The molecule has 6 nitrogen and oxygen atoms in total. The van der Waals surface area contributed by atoms with Gasteiger partial charge in [0.05, 0.1) is 5.69 Å². The number of aryl methyl sites for hydroxylation is 1. The van der Waals surface area contributed by atoms with Crippen LogP contribution >= 0.6 is 11.3 Å². The molecule has 0 saturated heterocycles. The number of carbonyl (C=O) groups is 2. The van der Waals surface area contributed by atoms with E-state index in [0.717, 1.165) is 11.1 Å². The van der Waals surface area contributed by atoms with Crippen LogP contribution in [0.2, 0.25) is 0 Å². The summed E-state index contributed by atoms with van der Waals surface area (Å²) in [5.41, 5.74) is 2.09. The quantitative estimate of drug-likeness (QED) is 0.652. The van der Waals surface area contributed by atoms with Crippen LogP contribution in [0.25, 0.3) is 11.3 Å². The number of hydrogen-bond acceptors (Lipinski definition) is 6. The van der Waals surface area contributed by atoms with E-state index in [-0.39, 0.29) is 17.1 Å². The SMILES string of the molecule is Cc1ccc(O)c(C(=O)OCC(=O)Nc2nc(-c3ccc(F)cc3)cs2)c1. The molecule has 2 aromatic carbocycles. The number of aromatic nitrogens is 1. The number of hydrogen-bond donors (Lipinski definition) is 2. The standard InChI is InChI=1S/C19H15FN2O4S/c1-11-2-7-16(23)14(8-11)18(25)26-9-17(24)22-19-21-15(10-27-19)12-3-5-13(20)6-4-12/h2-8,10,23H,9H2,1H3,(H,21,22,24). The summed E-state index contributed by atoms with van der Waals surface area (Å²) in [6, 6.07) is 10.3. The van der Waals surface area contributed by atoms with Gasteiger partial charge in [-0.05, 0) is 43.3 Å². The van der Waals surface area contributed by atoms with E-state index >= 15 is 0 Å². The van der Waals surface area contributed by atoms with Gasteiger partial charge in [-0.1, -0.05) is 11.6 Å². The minimum absolute atomic E-state index is 0.00403. The number of halogens is 1. The van der Waals surface area contributed by atoms with E-state index in [1.165, 1.54) is 35.6 Å². The molecular weight excluding hydrogens is 371 g/mol. The van der Waals surface area contributed by atoms with Crippen LogP contribution in [0, 0.1) is 12.7 Å². The van der Waals surface area contributed by atoms with Crippen molar-refractivity contribution in [1.29, 1.82) is 0 Å². The van der Waals surface area contributed by atoms with Gasteiger partial charge in [-0.15, -0.1) is 11.3 Å². The third-order valence-electron chi connectivity index (χ3n) is 3.60. The van der Waals surface area contributed by atoms with Crippen molar-refractivity contribution in [2.24, 2.45) is 0 Å². The van der Waals surface area contributed by atoms with Gasteiger partial charge < -0.3 is 9.84 Å². The van der Waals surface area contributed by atoms with E-state index in [0.29, 0.717) is 10.8 Å². The fraction of sp³-hybridized carbons (Fsp3) is 0.105. The normalized spacial score (nSPS) is 10.4. The fourth-order valence-corrected chi connectivity index (χ4v) is 3.00. The maximum absolute atomic E-state index is 13.0. The zero-order valence-electron chi connectivity index (χ0n) is 14.2. The first kappa shape index (κ1) is 18.5. The summed E-state index contributed by atoms with van der Waals surface area (Å²) in [6.45, 7) is 1.25. The molecule has 0 fully saturated rings. The monoisotopic (exact) mass is 386 g/mol. The predicted octanol–water partition coefficient (Wildman–Crippen LogP) is 3.76. The minimum atomic E-state index is -0.794. The van der Waals surface area contributed by atoms with Crippen LogP contribution in [0.3, 0.4) is 0 Å². The Hall–Kier alpha value is -3.26. The second-order valence-electron chi connectivity index (χ2n) is 5.69. The van der Waals surface area contributed by atoms with Crippen LogP contribution in [-0.4, -0.2) is 28.6 Å². The maximum atomic E-state index is 13.0. The second kappa shape index (κ2) is 7.96. The second-order valence-corrected chi connectivity index (χ2v) is 6.55. The van der Waals surface area contributed by atoms with Gasteiger partial charge in [-0.2, -0.15) is 0 Å². The Bertz CT molecular complexity index is 986. The van der Waals surface area contributed by atoms with Crippen LogP contribution in [-0.2, 0) is 9.53 Å². The highest BCUT2D eigenvalue weighted by Crippen LogP contribution is 2.25. The molecule has 0 spiro atoms. The number of amides is 1. The molecule has 3 aromatic rings. The summed E-state index contributed by atoms with van der Waals surface area (Å²) in [6.07, 6.45) is 0. The van der Waals surface area contributed by atoms with Crippen molar-refractivity contribution in [3.8, 4) is 17.0 Å². The number of aromatic hydroxyl groups is 1. The summed E-state index contributed by atoms with van der Waals surface area (Å²) < 4.78 is 17.9. The van der Waals surface area contributed by atoms with E-state index in [2.05, 4.69) is 10.3 Å². The number of thiazole rings is 1. The Morgan fingerprint density at radius 1 is 1.22 bits per heavy atom. The third kappa shape index (κ3) is 4.68. The van der Waals surface area contributed by atoms with E-state index in [1.54, 1.807) is 30.5 Å². The van der Waals surface area contributed by atoms with E-state index < -0.39 is 18.5 Å². The molecule has 0 unspecified atom stereocenters. The van der Waals surface area contributed by atoms with Gasteiger partial charge in [0.1, 0.15) is 17.1 Å². The van der Waals surface area contributed by atoms with Crippen molar-refractivity contribution >= 4 is 28.3 Å². The highest BCUT2D eigenvalue weighted by Gasteiger charge is 2.15.